The maximum atomic E-state index is 14.9. The number of hydrogen-bond donors (Lipinski definition) is 1. The molecule has 0 saturated carbocycles. The predicted molar refractivity (Wildman–Crippen MR) is 351 cm³/mol. The molecule has 4 heterocycles. The zero-order valence-electron chi connectivity index (χ0n) is 56.8. The van der Waals surface area contributed by atoms with Crippen LogP contribution in [0.15, 0.2) is 182 Å². The minimum absolute atomic E-state index is 0.0689. The molecule has 0 amide bonds. The SMILES string of the molecule is COC(=O)[C@H]1O[C@@H](O[C@H]2[C@H](OC(C)=O)[C@@H](OCc3ccccc3)[C@@H](O[C@H]3[C@H](OC)[C@@H](OCc4ccccc4)[C@H](O[C@H]4[C@H](OCc5ccccc5)[C@@H](OCc5ccccc5)[C@@H](OC)O[C@@H]4COCc4ccccc4)O[C@H]3C(=O)OC)O[C@@H]2COC(C)=O)[C@H](OCc2ccccc2)[C@@H](OC)[C@@H]1O. The van der Waals surface area contributed by atoms with E-state index in [2.05, 4.69) is 0 Å². The molecule has 0 aliphatic carbocycles. The van der Waals surface area contributed by atoms with Crippen LogP contribution in [0, 0.1) is 0 Å². The molecule has 6 aromatic carbocycles. The summed E-state index contributed by atoms with van der Waals surface area (Å²) in [5.74, 6) is -3.55. The van der Waals surface area contributed by atoms with Crippen molar-refractivity contribution in [1.82, 2.24) is 0 Å². The fourth-order valence-electron chi connectivity index (χ4n) is 12.4. The quantitative estimate of drug-likeness (QED) is 0.0319. The van der Waals surface area contributed by atoms with Crippen LogP contribution in [0.5, 0.6) is 0 Å². The molecule has 25 heteroatoms. The number of hydrogen-bond acceptors (Lipinski definition) is 25. The molecule has 538 valence electrons. The lowest BCUT2D eigenvalue weighted by Crippen LogP contribution is -2.69. The molecule has 20 atom stereocenters. The molecule has 6 aromatic rings. The standard InChI is InChI=1S/C75H88O25/c1-46(76)87-45-55-58(97-74-66(89-40-50-30-18-10-19-31-50)59(81-3)56(78)60(98-74)70(79)83-5)63(93-47(2)77)69(92-43-53-36-24-13-25-37-53)73(95-55)99-64-61(82-4)67(90-41-51-32-20-11-21-33-51)75(100-65(64)71(80)84-6)96-57-54(44-86-38-48-26-14-8-15-27-48)94-72(85-7)68(91-42-52-34-22-12-23-35-52)62(57)88-39-49-28-16-9-17-29-49/h8-37,54-69,72-75,78H,38-45H2,1-7H3/t54-,55-,56+,57-,58-,59+,60+,61+,62+,63+,64+,65-,66-,67-,68-,69-,72+,73-,74-,75-/m1/s1. The summed E-state index contributed by atoms with van der Waals surface area (Å²) in [6, 6.07) is 56.1. The first-order valence-electron chi connectivity index (χ1n) is 33.0. The van der Waals surface area contributed by atoms with E-state index in [-0.39, 0.29) is 46.2 Å². The Morgan fingerprint density at radius 1 is 0.340 bits per heavy atom. The van der Waals surface area contributed by atoms with Crippen molar-refractivity contribution in [2.24, 2.45) is 0 Å². The topological polar surface area (TPSA) is 273 Å². The fraction of sp³-hybridized carbons (Fsp3) is 0.467. The Hall–Kier alpha value is -7.48. The average Bonchev–Trinajstić information content (AvgIpc) is 0.762. The van der Waals surface area contributed by atoms with Gasteiger partial charge in [-0.25, -0.2) is 9.59 Å². The number of rotatable bonds is 33. The Morgan fingerprint density at radius 2 is 0.680 bits per heavy atom. The lowest BCUT2D eigenvalue weighted by Gasteiger charge is -2.51. The second-order valence-corrected chi connectivity index (χ2v) is 24.1. The molecule has 0 aromatic heterocycles. The van der Waals surface area contributed by atoms with Crippen molar-refractivity contribution in [1.29, 1.82) is 0 Å². The molecule has 0 unspecified atom stereocenters. The Bertz CT molecular complexity index is 3400. The van der Waals surface area contributed by atoms with Crippen molar-refractivity contribution in [3.63, 3.8) is 0 Å². The van der Waals surface area contributed by atoms with Gasteiger partial charge in [-0.3, -0.25) is 9.59 Å². The number of esters is 4. The van der Waals surface area contributed by atoms with Crippen LogP contribution in [0.2, 0.25) is 0 Å². The third-order valence-corrected chi connectivity index (χ3v) is 17.3. The highest BCUT2D eigenvalue weighted by Crippen LogP contribution is 2.40. The normalized spacial score (nSPS) is 29.8. The van der Waals surface area contributed by atoms with Crippen LogP contribution in [0.3, 0.4) is 0 Å². The number of benzene rings is 6. The van der Waals surface area contributed by atoms with Crippen LogP contribution < -0.4 is 0 Å². The van der Waals surface area contributed by atoms with Crippen LogP contribution >= 0.6 is 0 Å². The summed E-state index contributed by atoms with van der Waals surface area (Å²) in [6.07, 6.45) is -28.7. The van der Waals surface area contributed by atoms with E-state index in [1.807, 2.05) is 158 Å². The van der Waals surface area contributed by atoms with Crippen molar-refractivity contribution in [2.75, 3.05) is 48.8 Å². The van der Waals surface area contributed by atoms with Gasteiger partial charge >= 0.3 is 23.9 Å². The third kappa shape index (κ3) is 20.0. The van der Waals surface area contributed by atoms with E-state index in [0.717, 1.165) is 36.3 Å². The van der Waals surface area contributed by atoms with Gasteiger partial charge in [0.25, 0.3) is 0 Å². The van der Waals surface area contributed by atoms with E-state index in [1.165, 1.54) is 35.4 Å². The van der Waals surface area contributed by atoms with Crippen LogP contribution in [-0.4, -0.2) is 201 Å². The van der Waals surface area contributed by atoms with Crippen molar-refractivity contribution in [2.45, 2.75) is 176 Å². The van der Waals surface area contributed by atoms with Gasteiger partial charge in [0.1, 0.15) is 86.0 Å². The zero-order valence-corrected chi connectivity index (χ0v) is 56.8. The van der Waals surface area contributed by atoms with Gasteiger partial charge in [0.05, 0.1) is 60.5 Å². The molecule has 4 aliphatic heterocycles. The van der Waals surface area contributed by atoms with Gasteiger partial charge in [-0.05, 0) is 33.4 Å². The first-order valence-corrected chi connectivity index (χ1v) is 33.0. The van der Waals surface area contributed by atoms with Crippen LogP contribution in [-0.2, 0) is 154 Å². The predicted octanol–water partition coefficient (Wildman–Crippen LogP) is 7.06. The van der Waals surface area contributed by atoms with Crippen molar-refractivity contribution < 1.29 is 119 Å². The van der Waals surface area contributed by atoms with Crippen LogP contribution in [0.25, 0.3) is 0 Å². The minimum atomic E-state index is -1.79. The van der Waals surface area contributed by atoms with E-state index in [9.17, 15) is 24.3 Å². The average molecular weight is 1390 g/mol. The van der Waals surface area contributed by atoms with Gasteiger partial charge in [0.2, 0.25) is 0 Å². The molecule has 1 N–H and O–H groups in total. The summed E-state index contributed by atoms with van der Waals surface area (Å²) in [5.41, 5.74) is 4.66. The lowest BCUT2D eigenvalue weighted by atomic mass is 9.94. The molecule has 0 bridgehead atoms. The summed E-state index contributed by atoms with van der Waals surface area (Å²) >= 11 is 0. The van der Waals surface area contributed by atoms with E-state index < -0.39 is 153 Å². The van der Waals surface area contributed by atoms with E-state index in [0.29, 0.717) is 11.1 Å². The number of carbonyl (C=O) groups excluding carboxylic acids is 4. The molecule has 0 radical (unpaired) electrons. The second-order valence-electron chi connectivity index (χ2n) is 24.1. The Labute approximate surface area is 581 Å². The monoisotopic (exact) mass is 1390 g/mol. The maximum absolute atomic E-state index is 14.9. The third-order valence-electron chi connectivity index (χ3n) is 17.3. The zero-order chi connectivity index (χ0) is 70.3. The Morgan fingerprint density at radius 3 is 1.09 bits per heavy atom. The van der Waals surface area contributed by atoms with Gasteiger partial charge in [-0.15, -0.1) is 0 Å². The lowest BCUT2D eigenvalue weighted by molar-refractivity contribution is -0.393. The van der Waals surface area contributed by atoms with E-state index in [4.69, 9.17) is 94.7 Å². The van der Waals surface area contributed by atoms with Gasteiger partial charge < -0.3 is 99.8 Å². The Kier molecular flexibility index (Phi) is 28.6. The van der Waals surface area contributed by atoms with Crippen molar-refractivity contribution in [3.05, 3.63) is 215 Å². The molecule has 4 aliphatic rings. The fourth-order valence-corrected chi connectivity index (χ4v) is 12.4. The first kappa shape index (κ1) is 75.2. The number of aliphatic hydroxyl groups is 1. The molecule has 100 heavy (non-hydrogen) atoms. The number of carbonyl (C=O) groups is 4. The summed E-state index contributed by atoms with van der Waals surface area (Å²) in [4.78, 5) is 55.1. The smallest absolute Gasteiger partial charge is 0.337 e. The Balaban J connectivity index is 1.05. The van der Waals surface area contributed by atoms with Crippen molar-refractivity contribution >= 4 is 23.9 Å². The van der Waals surface area contributed by atoms with Gasteiger partial charge in [0, 0.05) is 35.2 Å². The summed E-state index contributed by atoms with van der Waals surface area (Å²) in [7, 11) is 6.48. The highest BCUT2D eigenvalue weighted by atomic mass is 16.8. The molecule has 0 spiro atoms. The molecule has 4 saturated heterocycles. The number of ether oxygens (including phenoxy) is 20. The highest BCUT2D eigenvalue weighted by Gasteiger charge is 2.60. The highest BCUT2D eigenvalue weighted by molar-refractivity contribution is 5.76. The van der Waals surface area contributed by atoms with Gasteiger partial charge in [-0.1, -0.05) is 182 Å². The minimum Gasteiger partial charge on any atom is -0.467 e. The molecule has 4 fully saturated rings. The maximum Gasteiger partial charge on any atom is 0.337 e. The number of aliphatic hydroxyl groups excluding tert-OH is 1. The summed E-state index contributed by atoms with van der Waals surface area (Å²) < 4.78 is 130. The van der Waals surface area contributed by atoms with E-state index in [1.54, 1.807) is 24.3 Å². The summed E-state index contributed by atoms with van der Waals surface area (Å²) in [6.45, 7) is 1.68. The first-order chi connectivity index (χ1) is 48.8. The van der Waals surface area contributed by atoms with Gasteiger partial charge in [-0.2, -0.15) is 0 Å². The molecular formula is C75H88O25. The van der Waals surface area contributed by atoms with Crippen LogP contribution in [0.1, 0.15) is 47.2 Å². The van der Waals surface area contributed by atoms with E-state index >= 15 is 0 Å². The summed E-state index contributed by atoms with van der Waals surface area (Å²) in [5, 5.41) is 11.7. The van der Waals surface area contributed by atoms with Crippen LogP contribution in [0.4, 0.5) is 0 Å². The van der Waals surface area contributed by atoms with Gasteiger partial charge in [0.15, 0.2) is 43.5 Å². The molecule has 25 nitrogen and oxygen atoms in total. The van der Waals surface area contributed by atoms with Crippen molar-refractivity contribution in [3.8, 4) is 0 Å². The molecular weight excluding hydrogens is 1300 g/mol. The second kappa shape index (κ2) is 38.0. The number of methoxy groups -OCH3 is 5. The molecule has 10 rings (SSSR count). The largest absolute Gasteiger partial charge is 0.467 e.